The maximum atomic E-state index is 13.7. The number of rotatable bonds is 13. The topological polar surface area (TPSA) is 54.8 Å². The Morgan fingerprint density at radius 3 is 2.10 bits per heavy atom. The van der Waals surface area contributed by atoms with E-state index in [9.17, 15) is 9.59 Å². The lowest BCUT2D eigenvalue weighted by Crippen LogP contribution is -2.45. The van der Waals surface area contributed by atoms with Gasteiger partial charge in [-0.25, -0.2) is 0 Å². The van der Waals surface area contributed by atoms with Crippen molar-refractivity contribution in [1.82, 2.24) is 14.4 Å². The molecule has 1 heterocycles. The minimum Gasteiger partial charge on any atom is -0.383 e. The van der Waals surface area contributed by atoms with Crippen molar-refractivity contribution in [3.05, 3.63) is 120 Å². The second-order valence-corrected chi connectivity index (χ2v) is 10.4. The molecule has 4 aromatic rings. The lowest BCUT2D eigenvalue weighted by atomic mass is 10.0. The fourth-order valence-electron chi connectivity index (χ4n) is 4.76. The minimum atomic E-state index is -0.138. The zero-order chi connectivity index (χ0) is 28.3. The van der Waals surface area contributed by atoms with E-state index >= 15 is 0 Å². The summed E-state index contributed by atoms with van der Waals surface area (Å²) in [5, 5.41) is 0. The summed E-state index contributed by atoms with van der Waals surface area (Å²) in [6.45, 7) is 6.66. The van der Waals surface area contributed by atoms with Crippen molar-refractivity contribution in [3.8, 4) is 11.1 Å². The Balaban J connectivity index is 1.49. The number of ether oxygens (including phenoxy) is 1. The van der Waals surface area contributed by atoms with Gasteiger partial charge in [-0.05, 0) is 46.9 Å². The Kier molecular flexibility index (Phi) is 10.3. The summed E-state index contributed by atoms with van der Waals surface area (Å²) in [4.78, 5) is 30.7. The molecule has 0 unspecified atom stereocenters. The number of hydrogen-bond donors (Lipinski definition) is 0. The first-order valence-electron chi connectivity index (χ1n) is 13.8. The van der Waals surface area contributed by atoms with E-state index in [4.69, 9.17) is 4.74 Å². The van der Waals surface area contributed by atoms with Crippen molar-refractivity contribution in [2.24, 2.45) is 5.92 Å². The molecular weight excluding hydrogens is 498 g/mol. The molecule has 0 fully saturated rings. The number of hydrogen-bond acceptors (Lipinski definition) is 3. The molecule has 0 bridgehead atoms. The average molecular weight is 538 g/mol. The lowest BCUT2D eigenvalue weighted by Gasteiger charge is -2.29. The Morgan fingerprint density at radius 2 is 1.45 bits per heavy atom. The molecule has 0 radical (unpaired) electrons. The van der Waals surface area contributed by atoms with Crippen LogP contribution in [-0.2, 0) is 22.6 Å². The van der Waals surface area contributed by atoms with E-state index in [1.165, 1.54) is 5.56 Å². The van der Waals surface area contributed by atoms with E-state index in [-0.39, 0.29) is 24.3 Å². The summed E-state index contributed by atoms with van der Waals surface area (Å²) >= 11 is 0. The Labute approximate surface area is 237 Å². The third-order valence-corrected chi connectivity index (χ3v) is 6.83. The molecule has 2 amide bonds. The molecule has 40 heavy (non-hydrogen) atoms. The van der Waals surface area contributed by atoms with Crippen LogP contribution in [0.15, 0.2) is 103 Å². The minimum absolute atomic E-state index is 0.0144. The summed E-state index contributed by atoms with van der Waals surface area (Å²) in [7, 11) is 1.63. The van der Waals surface area contributed by atoms with Gasteiger partial charge in [-0.2, -0.15) is 0 Å². The van der Waals surface area contributed by atoms with Crippen molar-refractivity contribution < 1.29 is 14.3 Å². The van der Waals surface area contributed by atoms with Crippen LogP contribution in [0.5, 0.6) is 0 Å². The van der Waals surface area contributed by atoms with Crippen LogP contribution >= 0.6 is 0 Å². The molecule has 0 aliphatic carbocycles. The molecule has 0 aliphatic rings. The van der Waals surface area contributed by atoms with Gasteiger partial charge in [-0.1, -0.05) is 86.6 Å². The van der Waals surface area contributed by atoms with Gasteiger partial charge in [0, 0.05) is 44.2 Å². The van der Waals surface area contributed by atoms with Gasteiger partial charge in [-0.15, -0.1) is 0 Å². The number of carbonyl (C=O) groups excluding carboxylic acids is 2. The van der Waals surface area contributed by atoms with E-state index in [2.05, 4.69) is 30.5 Å². The highest BCUT2D eigenvalue weighted by molar-refractivity contribution is 5.97. The molecule has 1 aromatic heterocycles. The quantitative estimate of drug-likeness (QED) is 0.211. The zero-order valence-corrected chi connectivity index (χ0v) is 23.7. The largest absolute Gasteiger partial charge is 0.383 e. The fourth-order valence-corrected chi connectivity index (χ4v) is 4.76. The lowest BCUT2D eigenvalue weighted by molar-refractivity contribution is -0.133. The van der Waals surface area contributed by atoms with Gasteiger partial charge < -0.3 is 19.1 Å². The van der Waals surface area contributed by atoms with Crippen LogP contribution in [-0.4, -0.2) is 59.5 Å². The van der Waals surface area contributed by atoms with E-state index in [1.807, 2.05) is 91.1 Å². The van der Waals surface area contributed by atoms with Crippen LogP contribution in [0.1, 0.15) is 35.5 Å². The summed E-state index contributed by atoms with van der Waals surface area (Å²) in [5.41, 5.74) is 4.95. The van der Waals surface area contributed by atoms with Crippen molar-refractivity contribution in [2.45, 2.75) is 26.9 Å². The smallest absolute Gasteiger partial charge is 0.254 e. The molecule has 6 nitrogen and oxygen atoms in total. The van der Waals surface area contributed by atoms with Gasteiger partial charge in [0.05, 0.1) is 13.2 Å². The maximum Gasteiger partial charge on any atom is 0.254 e. The Hall–Kier alpha value is -4.16. The number of benzene rings is 3. The zero-order valence-electron chi connectivity index (χ0n) is 23.7. The van der Waals surface area contributed by atoms with Gasteiger partial charge >= 0.3 is 0 Å². The average Bonchev–Trinajstić information content (AvgIpc) is 3.41. The molecule has 0 saturated heterocycles. The Bertz CT molecular complexity index is 1350. The number of nitrogens with zero attached hydrogens (tertiary/aromatic N) is 3. The second kappa shape index (κ2) is 14.3. The molecule has 0 saturated carbocycles. The first-order valence-corrected chi connectivity index (χ1v) is 13.8. The monoisotopic (exact) mass is 537 g/mol. The maximum absolute atomic E-state index is 13.7. The number of amides is 2. The predicted molar refractivity (Wildman–Crippen MR) is 160 cm³/mol. The SMILES string of the molecule is COCCN(Cc1cccn1Cc1ccccc1)C(=O)CN(CC(C)C)C(=O)c1ccc(-c2ccccc2)cc1. The summed E-state index contributed by atoms with van der Waals surface area (Å²) < 4.78 is 7.48. The summed E-state index contributed by atoms with van der Waals surface area (Å²) in [6, 6.07) is 32.0. The van der Waals surface area contributed by atoms with Crippen LogP contribution in [0.4, 0.5) is 0 Å². The first kappa shape index (κ1) is 28.8. The second-order valence-electron chi connectivity index (χ2n) is 10.4. The van der Waals surface area contributed by atoms with Gasteiger partial charge in [-0.3, -0.25) is 9.59 Å². The molecule has 0 N–H and O–H groups in total. The van der Waals surface area contributed by atoms with Crippen molar-refractivity contribution in [3.63, 3.8) is 0 Å². The third-order valence-electron chi connectivity index (χ3n) is 6.83. The molecule has 0 aliphatic heterocycles. The van der Waals surface area contributed by atoms with Gasteiger partial charge in [0.15, 0.2) is 0 Å². The van der Waals surface area contributed by atoms with Crippen LogP contribution in [0, 0.1) is 5.92 Å². The number of aromatic nitrogens is 1. The molecule has 6 heteroatoms. The molecule has 0 atom stereocenters. The van der Waals surface area contributed by atoms with Crippen LogP contribution in [0.25, 0.3) is 11.1 Å². The van der Waals surface area contributed by atoms with Crippen LogP contribution < -0.4 is 0 Å². The van der Waals surface area contributed by atoms with Crippen molar-refractivity contribution in [1.29, 1.82) is 0 Å². The predicted octanol–water partition coefficient (Wildman–Crippen LogP) is 5.98. The number of methoxy groups -OCH3 is 1. The third kappa shape index (κ3) is 7.93. The first-order chi connectivity index (χ1) is 19.4. The van der Waals surface area contributed by atoms with Gasteiger partial charge in [0.2, 0.25) is 5.91 Å². The molecule has 208 valence electrons. The standard InChI is InChI=1S/C34H39N3O3/c1-27(2)23-37(34(39)31-18-16-30(17-19-31)29-13-8-5-9-14-29)26-33(38)36(21-22-40-3)25-32-15-10-20-35(32)24-28-11-6-4-7-12-28/h4-20,27H,21-26H2,1-3H3. The van der Waals surface area contributed by atoms with E-state index in [0.717, 1.165) is 23.4 Å². The van der Waals surface area contributed by atoms with Gasteiger partial charge in [0.1, 0.15) is 6.54 Å². The normalized spacial score (nSPS) is 11.0. The van der Waals surface area contributed by atoms with E-state index in [1.54, 1.807) is 16.9 Å². The fraction of sp³-hybridized carbons (Fsp3) is 0.294. The Morgan fingerprint density at radius 1 is 0.800 bits per heavy atom. The highest BCUT2D eigenvalue weighted by Crippen LogP contribution is 2.20. The number of carbonyl (C=O) groups is 2. The molecule has 0 spiro atoms. The van der Waals surface area contributed by atoms with Crippen LogP contribution in [0.2, 0.25) is 0 Å². The summed E-state index contributed by atoms with van der Waals surface area (Å²) in [5.74, 6) is -0.0175. The molecular formula is C34H39N3O3. The van der Waals surface area contributed by atoms with E-state index in [0.29, 0.717) is 31.8 Å². The van der Waals surface area contributed by atoms with Gasteiger partial charge in [0.25, 0.3) is 5.91 Å². The van der Waals surface area contributed by atoms with E-state index < -0.39 is 0 Å². The van der Waals surface area contributed by atoms with Crippen molar-refractivity contribution >= 4 is 11.8 Å². The van der Waals surface area contributed by atoms with Crippen molar-refractivity contribution in [2.75, 3.05) is 33.4 Å². The molecule has 3 aromatic carbocycles. The molecule has 4 rings (SSSR count). The highest BCUT2D eigenvalue weighted by atomic mass is 16.5. The highest BCUT2D eigenvalue weighted by Gasteiger charge is 2.24. The summed E-state index contributed by atoms with van der Waals surface area (Å²) in [6.07, 6.45) is 2.04. The van der Waals surface area contributed by atoms with Crippen LogP contribution in [0.3, 0.4) is 0 Å².